The third kappa shape index (κ3) is 3.59. The molecule has 116 valence electrons. The Labute approximate surface area is 123 Å². The van der Waals surface area contributed by atoms with E-state index in [-0.39, 0.29) is 18.4 Å². The van der Waals surface area contributed by atoms with E-state index in [9.17, 15) is 18.7 Å². The van der Waals surface area contributed by atoms with Crippen LogP contribution in [0.1, 0.15) is 50.6 Å². The van der Waals surface area contributed by atoms with Gasteiger partial charge in [-0.2, -0.15) is 0 Å². The van der Waals surface area contributed by atoms with Crippen molar-refractivity contribution < 1.29 is 18.7 Å². The average Bonchev–Trinajstić information content (AvgIpc) is 2.86. The summed E-state index contributed by atoms with van der Waals surface area (Å²) in [6.07, 6.45) is 3.24. The van der Waals surface area contributed by atoms with Crippen molar-refractivity contribution in [3.63, 3.8) is 0 Å². The van der Waals surface area contributed by atoms with Crippen LogP contribution in [-0.4, -0.2) is 28.6 Å². The molecule has 2 rings (SSSR count). The lowest BCUT2D eigenvalue weighted by atomic mass is 9.96. The molecule has 1 atom stereocenters. The number of benzene rings is 1. The molecule has 1 aliphatic carbocycles. The van der Waals surface area contributed by atoms with E-state index in [1.165, 1.54) is 11.0 Å². The van der Waals surface area contributed by atoms with Crippen molar-refractivity contribution in [1.82, 2.24) is 4.90 Å². The molecule has 1 N–H and O–H groups in total. The number of carbonyl (C=O) groups is 1. The van der Waals surface area contributed by atoms with Crippen molar-refractivity contribution >= 4 is 5.91 Å². The van der Waals surface area contributed by atoms with Gasteiger partial charge < -0.3 is 10.0 Å². The van der Waals surface area contributed by atoms with Gasteiger partial charge in [0.15, 0.2) is 11.6 Å². The fourth-order valence-electron chi connectivity index (χ4n) is 2.83. The first-order chi connectivity index (χ1) is 9.82. The van der Waals surface area contributed by atoms with Crippen molar-refractivity contribution in [2.45, 2.75) is 50.7 Å². The molecule has 1 unspecified atom stereocenters. The highest BCUT2D eigenvalue weighted by Gasteiger charge is 2.35. The van der Waals surface area contributed by atoms with Crippen LogP contribution in [0.4, 0.5) is 8.78 Å². The number of amides is 1. The molecular weight excluding hydrogens is 276 g/mol. The first-order valence-electron chi connectivity index (χ1n) is 7.25. The highest BCUT2D eigenvalue weighted by atomic mass is 19.2. The molecule has 1 aromatic rings. The summed E-state index contributed by atoms with van der Waals surface area (Å²) in [5.74, 6) is -2.01. The van der Waals surface area contributed by atoms with Crippen LogP contribution in [-0.2, 0) is 4.79 Å². The van der Waals surface area contributed by atoms with E-state index in [0.717, 1.165) is 25.0 Å². The predicted octanol–water partition coefficient (Wildman–Crippen LogP) is 3.18. The van der Waals surface area contributed by atoms with E-state index in [2.05, 4.69) is 0 Å². The maximum absolute atomic E-state index is 13.3. The van der Waals surface area contributed by atoms with Crippen molar-refractivity contribution in [3.8, 4) is 0 Å². The summed E-state index contributed by atoms with van der Waals surface area (Å²) in [6, 6.07) is 3.26. The van der Waals surface area contributed by atoms with E-state index in [1.807, 2.05) is 0 Å². The SMILES string of the molecule is CC(c1ccc(F)c(F)c1)N(C)C(=O)CC1(O)CCCC1. The van der Waals surface area contributed by atoms with Gasteiger partial charge in [0.25, 0.3) is 0 Å². The van der Waals surface area contributed by atoms with Crippen molar-refractivity contribution in [3.05, 3.63) is 35.4 Å². The van der Waals surface area contributed by atoms with E-state index in [0.29, 0.717) is 18.4 Å². The predicted molar refractivity (Wildman–Crippen MR) is 75.6 cm³/mol. The molecule has 0 aromatic heterocycles. The minimum Gasteiger partial charge on any atom is -0.389 e. The number of hydrogen-bond acceptors (Lipinski definition) is 2. The second kappa shape index (κ2) is 6.10. The zero-order chi connectivity index (χ0) is 15.6. The van der Waals surface area contributed by atoms with Gasteiger partial charge in [-0.05, 0) is 37.5 Å². The number of halogens is 2. The summed E-state index contributed by atoms with van der Waals surface area (Å²) in [6.45, 7) is 1.75. The van der Waals surface area contributed by atoms with Gasteiger partial charge >= 0.3 is 0 Å². The number of rotatable bonds is 4. The van der Waals surface area contributed by atoms with Gasteiger partial charge in [0.1, 0.15) is 0 Å². The van der Waals surface area contributed by atoms with Gasteiger partial charge in [-0.15, -0.1) is 0 Å². The highest BCUT2D eigenvalue weighted by Crippen LogP contribution is 2.33. The zero-order valence-electron chi connectivity index (χ0n) is 12.4. The van der Waals surface area contributed by atoms with Gasteiger partial charge in [0, 0.05) is 7.05 Å². The smallest absolute Gasteiger partial charge is 0.225 e. The molecule has 0 spiro atoms. The fourth-order valence-corrected chi connectivity index (χ4v) is 2.83. The van der Waals surface area contributed by atoms with Crippen molar-refractivity contribution in [2.75, 3.05) is 7.05 Å². The minimum absolute atomic E-state index is 0.0809. The number of nitrogens with zero attached hydrogens (tertiary/aromatic N) is 1. The molecule has 1 aliphatic rings. The quantitative estimate of drug-likeness (QED) is 0.927. The van der Waals surface area contributed by atoms with Crippen LogP contribution < -0.4 is 0 Å². The topological polar surface area (TPSA) is 40.5 Å². The molecule has 0 heterocycles. The van der Waals surface area contributed by atoms with Crippen LogP contribution in [0.5, 0.6) is 0 Å². The molecule has 0 bridgehead atoms. The lowest BCUT2D eigenvalue weighted by molar-refractivity contribution is -0.136. The normalized spacial score (nSPS) is 18.5. The van der Waals surface area contributed by atoms with Crippen molar-refractivity contribution in [1.29, 1.82) is 0 Å². The molecule has 21 heavy (non-hydrogen) atoms. The monoisotopic (exact) mass is 297 g/mol. The van der Waals surface area contributed by atoms with Gasteiger partial charge in [-0.25, -0.2) is 8.78 Å². The average molecular weight is 297 g/mol. The van der Waals surface area contributed by atoms with Gasteiger partial charge in [-0.3, -0.25) is 4.79 Å². The number of aliphatic hydroxyl groups is 1. The number of carbonyl (C=O) groups excluding carboxylic acids is 1. The van der Waals surface area contributed by atoms with Gasteiger partial charge in [0.05, 0.1) is 18.1 Å². The van der Waals surface area contributed by atoms with Crippen LogP contribution in [0.25, 0.3) is 0 Å². The summed E-state index contributed by atoms with van der Waals surface area (Å²) in [7, 11) is 1.62. The second-order valence-electron chi connectivity index (χ2n) is 5.96. The Morgan fingerprint density at radius 2 is 1.95 bits per heavy atom. The molecule has 0 radical (unpaired) electrons. The molecule has 1 saturated carbocycles. The molecular formula is C16H21F2NO2. The van der Waals surface area contributed by atoms with E-state index < -0.39 is 17.2 Å². The molecule has 0 saturated heterocycles. The molecule has 5 heteroatoms. The Hall–Kier alpha value is -1.49. The molecule has 1 fully saturated rings. The number of hydrogen-bond donors (Lipinski definition) is 1. The van der Waals surface area contributed by atoms with Crippen LogP contribution in [0.15, 0.2) is 18.2 Å². The van der Waals surface area contributed by atoms with Crippen LogP contribution >= 0.6 is 0 Å². The maximum atomic E-state index is 13.3. The van der Waals surface area contributed by atoms with Gasteiger partial charge in [0.2, 0.25) is 5.91 Å². The molecule has 3 nitrogen and oxygen atoms in total. The van der Waals surface area contributed by atoms with Crippen molar-refractivity contribution in [2.24, 2.45) is 0 Å². The Morgan fingerprint density at radius 3 is 2.52 bits per heavy atom. The largest absolute Gasteiger partial charge is 0.389 e. The summed E-state index contributed by atoms with van der Waals surface area (Å²) in [4.78, 5) is 13.7. The maximum Gasteiger partial charge on any atom is 0.225 e. The summed E-state index contributed by atoms with van der Waals surface area (Å²) in [5.41, 5.74) is -0.373. The van der Waals surface area contributed by atoms with Crippen LogP contribution in [0.2, 0.25) is 0 Å². The first-order valence-corrected chi connectivity index (χ1v) is 7.25. The third-order valence-electron chi connectivity index (χ3n) is 4.41. The second-order valence-corrected chi connectivity index (χ2v) is 5.96. The van der Waals surface area contributed by atoms with E-state index in [1.54, 1.807) is 14.0 Å². The standard InChI is InChI=1S/C16H21F2NO2/c1-11(12-5-6-13(17)14(18)9-12)19(2)15(20)10-16(21)7-3-4-8-16/h5-6,9,11,21H,3-4,7-8,10H2,1-2H3. The highest BCUT2D eigenvalue weighted by molar-refractivity contribution is 5.77. The summed E-state index contributed by atoms with van der Waals surface area (Å²) >= 11 is 0. The fraction of sp³-hybridized carbons (Fsp3) is 0.562. The molecule has 1 amide bonds. The Kier molecular flexibility index (Phi) is 4.61. The Balaban J connectivity index is 2.05. The van der Waals surface area contributed by atoms with E-state index >= 15 is 0 Å². The molecule has 0 aliphatic heterocycles. The summed E-state index contributed by atoms with van der Waals surface area (Å²) in [5, 5.41) is 10.3. The minimum atomic E-state index is -0.922. The molecule has 1 aromatic carbocycles. The Bertz CT molecular complexity index is 527. The Morgan fingerprint density at radius 1 is 1.33 bits per heavy atom. The van der Waals surface area contributed by atoms with Crippen LogP contribution in [0.3, 0.4) is 0 Å². The third-order valence-corrected chi connectivity index (χ3v) is 4.41. The first kappa shape index (κ1) is 15.9. The van der Waals surface area contributed by atoms with E-state index in [4.69, 9.17) is 0 Å². The van der Waals surface area contributed by atoms with Crippen LogP contribution in [0, 0.1) is 11.6 Å². The summed E-state index contributed by atoms with van der Waals surface area (Å²) < 4.78 is 26.2. The zero-order valence-corrected chi connectivity index (χ0v) is 12.4. The van der Waals surface area contributed by atoms with Gasteiger partial charge in [-0.1, -0.05) is 18.9 Å². The lowest BCUT2D eigenvalue weighted by Crippen LogP contribution is -2.37. The lowest BCUT2D eigenvalue weighted by Gasteiger charge is -2.29.